The van der Waals surface area contributed by atoms with Crippen LogP contribution in [0.25, 0.3) is 5.65 Å². The zero-order valence-corrected chi connectivity index (χ0v) is 18.9. The van der Waals surface area contributed by atoms with Gasteiger partial charge in [-0.1, -0.05) is 12.5 Å². The second kappa shape index (κ2) is 8.60. The van der Waals surface area contributed by atoms with Gasteiger partial charge in [0.25, 0.3) is 5.56 Å². The molecule has 1 saturated heterocycles. The summed E-state index contributed by atoms with van der Waals surface area (Å²) in [5.41, 5.74) is 0.272. The number of aromatic carboxylic acids is 1. The smallest absolute Gasteiger partial charge is 0.337 e. The van der Waals surface area contributed by atoms with Crippen LogP contribution < -0.4 is 15.6 Å². The fourth-order valence-electron chi connectivity index (χ4n) is 4.10. The molecule has 12 heteroatoms. The van der Waals surface area contributed by atoms with Crippen molar-refractivity contribution in [3.8, 4) is 0 Å². The van der Waals surface area contributed by atoms with E-state index in [2.05, 4.69) is 15.4 Å². The summed E-state index contributed by atoms with van der Waals surface area (Å²) in [4.78, 5) is 29.1. The van der Waals surface area contributed by atoms with Gasteiger partial charge in [-0.3, -0.25) is 14.6 Å². The summed E-state index contributed by atoms with van der Waals surface area (Å²) in [6.07, 6.45) is 3.71. The molecule has 0 saturated carbocycles. The predicted octanol–water partition coefficient (Wildman–Crippen LogP) is 1.95. The molecule has 1 aromatic carbocycles. The molecule has 176 valence electrons. The maximum atomic E-state index is 15.2. The second-order valence-corrected chi connectivity index (χ2v) is 9.95. The van der Waals surface area contributed by atoms with E-state index in [9.17, 15) is 23.1 Å². The van der Waals surface area contributed by atoms with Crippen molar-refractivity contribution in [1.82, 2.24) is 19.9 Å². The number of fused-ring (bicyclic) bond motifs is 1. The molecule has 2 aromatic heterocycles. The van der Waals surface area contributed by atoms with E-state index in [1.807, 2.05) is 10.8 Å². The first-order valence-corrected chi connectivity index (χ1v) is 12.3. The summed E-state index contributed by atoms with van der Waals surface area (Å²) in [5.74, 6) is -2.54. The molecule has 3 aromatic rings. The zero-order valence-electron chi connectivity index (χ0n) is 18.1. The second-order valence-electron chi connectivity index (χ2n) is 8.21. The summed E-state index contributed by atoms with van der Waals surface area (Å²) in [6.45, 7) is 2.53. The lowest BCUT2D eigenvalue weighted by Crippen LogP contribution is -2.27. The molecule has 1 fully saturated rings. The number of benzene rings is 1. The summed E-state index contributed by atoms with van der Waals surface area (Å²) >= 11 is 0. The Bertz CT molecular complexity index is 1410. The standard InChI is InChI=1S/C21H24FN5O5S/c1-11-14(9-12-6-7-13(21(29)30)19(18(12)22)26-33(2,31)32)20(28)27-17(24-11)10-16(25-27)15-5-3-4-8-23-15/h6-7,10,15,23,25-26H,3-5,8-9H2,1-2H3,(H,29,30)/t15-/m0/s1. The Morgan fingerprint density at radius 3 is 2.76 bits per heavy atom. The number of hydrogen-bond donors (Lipinski definition) is 4. The molecule has 0 spiro atoms. The molecule has 4 N–H and O–H groups in total. The first-order valence-electron chi connectivity index (χ1n) is 10.4. The fourth-order valence-corrected chi connectivity index (χ4v) is 4.67. The van der Waals surface area contributed by atoms with Crippen molar-refractivity contribution in [3.05, 3.63) is 62.4 Å². The van der Waals surface area contributed by atoms with Gasteiger partial charge >= 0.3 is 5.97 Å². The predicted molar refractivity (Wildman–Crippen MR) is 120 cm³/mol. The van der Waals surface area contributed by atoms with Gasteiger partial charge in [0.1, 0.15) is 0 Å². The highest BCUT2D eigenvalue weighted by molar-refractivity contribution is 7.92. The Balaban J connectivity index is 1.76. The monoisotopic (exact) mass is 477 g/mol. The van der Waals surface area contributed by atoms with Crippen molar-refractivity contribution >= 4 is 27.3 Å². The maximum absolute atomic E-state index is 15.2. The number of rotatable bonds is 6. The highest BCUT2D eigenvalue weighted by Crippen LogP contribution is 2.27. The van der Waals surface area contributed by atoms with Gasteiger partial charge in [-0.05, 0) is 37.9 Å². The van der Waals surface area contributed by atoms with Crippen LogP contribution in [0, 0.1) is 12.7 Å². The van der Waals surface area contributed by atoms with E-state index in [1.54, 1.807) is 6.92 Å². The lowest BCUT2D eigenvalue weighted by atomic mass is 10.0. The Kier molecular flexibility index (Phi) is 5.97. The number of aryl methyl sites for hydroxylation is 1. The number of carboxylic acid groups (broad SMARTS) is 1. The van der Waals surface area contributed by atoms with E-state index < -0.39 is 38.6 Å². The zero-order chi connectivity index (χ0) is 23.9. The molecular weight excluding hydrogens is 453 g/mol. The van der Waals surface area contributed by atoms with Gasteiger partial charge < -0.3 is 10.4 Å². The van der Waals surface area contributed by atoms with Crippen LogP contribution in [-0.2, 0) is 16.4 Å². The minimum Gasteiger partial charge on any atom is -0.478 e. The summed E-state index contributed by atoms with van der Waals surface area (Å²) < 4.78 is 41.7. The topological polar surface area (TPSA) is 146 Å². The number of H-pyrrole nitrogens is 1. The average Bonchev–Trinajstić information content (AvgIpc) is 3.17. The van der Waals surface area contributed by atoms with Crippen molar-refractivity contribution in [2.24, 2.45) is 0 Å². The van der Waals surface area contributed by atoms with E-state index >= 15 is 4.39 Å². The number of hydrogen-bond acceptors (Lipinski definition) is 6. The molecule has 0 aliphatic carbocycles. The van der Waals surface area contributed by atoms with Crippen molar-refractivity contribution in [3.63, 3.8) is 0 Å². The summed E-state index contributed by atoms with van der Waals surface area (Å²) in [7, 11) is -3.94. The Hall–Kier alpha value is -3.25. The van der Waals surface area contributed by atoms with Crippen LogP contribution in [-0.4, -0.2) is 46.9 Å². The first kappa shape index (κ1) is 22.9. The number of halogens is 1. The number of carboxylic acids is 1. The molecular formula is C21H24FN5O5S. The van der Waals surface area contributed by atoms with Gasteiger partial charge in [0.2, 0.25) is 10.0 Å². The van der Waals surface area contributed by atoms with Crippen LogP contribution in [0.15, 0.2) is 23.0 Å². The number of aromatic amines is 1. The van der Waals surface area contributed by atoms with Crippen molar-refractivity contribution in [2.75, 3.05) is 17.5 Å². The van der Waals surface area contributed by atoms with Crippen molar-refractivity contribution in [2.45, 2.75) is 38.6 Å². The largest absolute Gasteiger partial charge is 0.478 e. The van der Waals surface area contributed by atoms with Crippen LogP contribution in [0.2, 0.25) is 0 Å². The van der Waals surface area contributed by atoms with Gasteiger partial charge in [-0.2, -0.15) is 0 Å². The van der Waals surface area contributed by atoms with E-state index in [0.717, 1.165) is 43.8 Å². The molecule has 1 aliphatic heterocycles. The normalized spacial score (nSPS) is 16.8. The quantitative estimate of drug-likeness (QED) is 0.424. The van der Waals surface area contributed by atoms with Crippen LogP contribution in [0.5, 0.6) is 0 Å². The third-order valence-electron chi connectivity index (χ3n) is 5.73. The average molecular weight is 478 g/mol. The molecule has 1 aliphatic rings. The molecule has 0 unspecified atom stereocenters. The number of piperidine rings is 1. The number of anilines is 1. The number of carbonyl (C=O) groups is 1. The molecule has 33 heavy (non-hydrogen) atoms. The molecule has 3 heterocycles. The van der Waals surface area contributed by atoms with E-state index in [1.165, 1.54) is 10.6 Å². The molecule has 1 atom stereocenters. The Labute approximate surface area is 188 Å². The third kappa shape index (κ3) is 4.62. The summed E-state index contributed by atoms with van der Waals surface area (Å²) in [6, 6.07) is 4.24. The lowest BCUT2D eigenvalue weighted by Gasteiger charge is -2.21. The van der Waals surface area contributed by atoms with Crippen LogP contribution in [0.4, 0.5) is 10.1 Å². The number of nitrogens with one attached hydrogen (secondary N) is 3. The molecule has 0 radical (unpaired) electrons. The molecule has 0 bridgehead atoms. The van der Waals surface area contributed by atoms with E-state index in [4.69, 9.17) is 0 Å². The number of aromatic nitrogens is 3. The van der Waals surface area contributed by atoms with Crippen molar-refractivity contribution < 1.29 is 22.7 Å². The first-order chi connectivity index (χ1) is 15.5. The fraction of sp³-hybridized carbons (Fsp3) is 0.381. The molecule has 4 rings (SSSR count). The van der Waals surface area contributed by atoms with Crippen LogP contribution in [0.3, 0.4) is 0 Å². The highest BCUT2D eigenvalue weighted by Gasteiger charge is 2.23. The SMILES string of the molecule is Cc1nc2cc([C@@H]3CCCCN3)[nH]n2c(=O)c1Cc1ccc(C(=O)O)c(NS(C)(=O)=O)c1F. The van der Waals surface area contributed by atoms with E-state index in [-0.39, 0.29) is 23.6 Å². The molecule has 10 nitrogen and oxygen atoms in total. The number of sulfonamides is 1. The van der Waals surface area contributed by atoms with Crippen LogP contribution in [0.1, 0.15) is 58.2 Å². The van der Waals surface area contributed by atoms with Crippen LogP contribution >= 0.6 is 0 Å². The van der Waals surface area contributed by atoms with Gasteiger partial charge in [0.05, 0.1) is 23.2 Å². The third-order valence-corrected chi connectivity index (χ3v) is 6.30. The van der Waals surface area contributed by atoms with Gasteiger partial charge in [0, 0.05) is 29.8 Å². The van der Waals surface area contributed by atoms with Gasteiger partial charge in [-0.15, -0.1) is 0 Å². The van der Waals surface area contributed by atoms with E-state index in [0.29, 0.717) is 11.3 Å². The number of nitrogens with zero attached hydrogens (tertiary/aromatic N) is 2. The maximum Gasteiger partial charge on any atom is 0.337 e. The van der Waals surface area contributed by atoms with Crippen molar-refractivity contribution in [1.29, 1.82) is 0 Å². The molecule has 0 amide bonds. The minimum absolute atomic E-state index is 0.0335. The lowest BCUT2D eigenvalue weighted by molar-refractivity contribution is 0.0697. The van der Waals surface area contributed by atoms with Gasteiger partial charge in [-0.25, -0.2) is 27.1 Å². The minimum atomic E-state index is -3.94. The Morgan fingerprint density at radius 1 is 1.36 bits per heavy atom. The van der Waals surface area contributed by atoms with Gasteiger partial charge in [0.15, 0.2) is 11.5 Å². The summed E-state index contributed by atoms with van der Waals surface area (Å²) in [5, 5.41) is 15.8. The highest BCUT2D eigenvalue weighted by atomic mass is 32.2. The Morgan fingerprint density at radius 2 is 2.12 bits per heavy atom.